The fraction of sp³-hybridized carbons (Fsp3) is 0.333. The SMILES string of the molecule is CC[N+](C)(C)CCC=C1c2ccccc2Sc2ccc(C)cc21.[I-]. The summed E-state index contributed by atoms with van der Waals surface area (Å²) in [5.74, 6) is 0. The van der Waals surface area contributed by atoms with E-state index in [4.69, 9.17) is 0 Å². The number of fused-ring (bicyclic) bond motifs is 2. The summed E-state index contributed by atoms with van der Waals surface area (Å²) in [4.78, 5) is 2.75. The van der Waals surface area contributed by atoms with Gasteiger partial charge >= 0.3 is 0 Å². The molecule has 0 saturated heterocycles. The van der Waals surface area contributed by atoms with Gasteiger partial charge in [-0.3, -0.25) is 0 Å². The fourth-order valence-electron chi connectivity index (χ4n) is 2.92. The van der Waals surface area contributed by atoms with Crippen LogP contribution in [0.4, 0.5) is 0 Å². The minimum absolute atomic E-state index is 0. The van der Waals surface area contributed by atoms with Crippen LogP contribution in [-0.4, -0.2) is 31.7 Å². The average Bonchev–Trinajstić information content (AvgIpc) is 2.54. The van der Waals surface area contributed by atoms with Crippen LogP contribution in [0.25, 0.3) is 5.57 Å². The van der Waals surface area contributed by atoms with Gasteiger partial charge in [0.1, 0.15) is 0 Å². The van der Waals surface area contributed by atoms with Crippen LogP contribution in [-0.2, 0) is 0 Å². The molecule has 128 valence electrons. The van der Waals surface area contributed by atoms with Crippen molar-refractivity contribution < 1.29 is 28.5 Å². The standard InChI is InChI=1S/C21H26NS.HI/c1-5-22(3,4)14-8-10-17-18-9-6-7-11-20(18)23-21-13-12-16(2)15-19(17)21;/h6-7,9-13,15H,5,8,14H2,1-4H3;1H/q+1;/p-1. The molecule has 0 unspecified atom stereocenters. The van der Waals surface area contributed by atoms with E-state index in [1.54, 1.807) is 0 Å². The second-order valence-corrected chi connectivity index (χ2v) is 8.06. The zero-order chi connectivity index (χ0) is 16.4. The molecular weight excluding hydrogens is 425 g/mol. The number of benzene rings is 2. The first-order valence-electron chi connectivity index (χ1n) is 8.40. The van der Waals surface area contributed by atoms with Crippen LogP contribution in [0.2, 0.25) is 0 Å². The van der Waals surface area contributed by atoms with Crippen LogP contribution in [0, 0.1) is 6.92 Å². The third kappa shape index (κ3) is 4.24. The van der Waals surface area contributed by atoms with Gasteiger partial charge in [0.15, 0.2) is 0 Å². The van der Waals surface area contributed by atoms with E-state index in [9.17, 15) is 0 Å². The molecule has 1 aliphatic heterocycles. The number of quaternary nitrogens is 1. The summed E-state index contributed by atoms with van der Waals surface area (Å²) in [6.07, 6.45) is 3.56. The maximum atomic E-state index is 2.45. The molecule has 0 fully saturated rings. The highest BCUT2D eigenvalue weighted by molar-refractivity contribution is 7.99. The zero-order valence-electron chi connectivity index (χ0n) is 15.0. The van der Waals surface area contributed by atoms with Gasteiger partial charge in [-0.05, 0) is 42.7 Å². The number of hydrogen-bond acceptors (Lipinski definition) is 1. The Labute approximate surface area is 167 Å². The Hall–Kier alpha value is -0.780. The second-order valence-electron chi connectivity index (χ2n) is 6.98. The molecule has 0 aliphatic carbocycles. The Morgan fingerprint density at radius 1 is 1.00 bits per heavy atom. The lowest BCUT2D eigenvalue weighted by molar-refractivity contribution is -0.888. The summed E-state index contributed by atoms with van der Waals surface area (Å²) in [5, 5.41) is 0. The molecule has 0 N–H and O–H groups in total. The van der Waals surface area contributed by atoms with E-state index in [0.29, 0.717) is 0 Å². The van der Waals surface area contributed by atoms with Crippen LogP contribution in [0.15, 0.2) is 58.3 Å². The van der Waals surface area contributed by atoms with Crippen LogP contribution >= 0.6 is 11.8 Å². The molecule has 0 spiro atoms. The molecule has 2 aromatic carbocycles. The molecule has 1 aliphatic rings. The second kappa shape index (κ2) is 8.07. The highest BCUT2D eigenvalue weighted by atomic mass is 127. The zero-order valence-corrected chi connectivity index (χ0v) is 17.9. The number of halogens is 1. The molecule has 2 aromatic rings. The molecule has 0 saturated carbocycles. The molecule has 3 heteroatoms. The van der Waals surface area contributed by atoms with Crippen LogP contribution in [0.3, 0.4) is 0 Å². The predicted octanol–water partition coefficient (Wildman–Crippen LogP) is 2.38. The number of hydrogen-bond donors (Lipinski definition) is 0. The number of aryl methyl sites for hydroxylation is 1. The van der Waals surface area contributed by atoms with Crippen molar-refractivity contribution in [2.24, 2.45) is 0 Å². The molecule has 1 nitrogen and oxygen atoms in total. The summed E-state index contributed by atoms with van der Waals surface area (Å²) in [5.41, 5.74) is 5.53. The van der Waals surface area contributed by atoms with Crippen molar-refractivity contribution in [2.45, 2.75) is 30.1 Å². The lowest BCUT2D eigenvalue weighted by Crippen LogP contribution is -3.00. The lowest BCUT2D eigenvalue weighted by Gasteiger charge is -2.28. The first kappa shape index (κ1) is 19.5. The average molecular weight is 451 g/mol. The molecule has 24 heavy (non-hydrogen) atoms. The van der Waals surface area contributed by atoms with E-state index in [1.807, 2.05) is 11.8 Å². The molecule has 0 atom stereocenters. The normalized spacial score (nSPS) is 14.8. The molecule has 0 aromatic heterocycles. The molecule has 0 radical (unpaired) electrons. The Balaban J connectivity index is 0.00000208. The minimum Gasteiger partial charge on any atom is -1.00 e. The van der Waals surface area contributed by atoms with E-state index >= 15 is 0 Å². The van der Waals surface area contributed by atoms with Crippen LogP contribution in [0.1, 0.15) is 30.0 Å². The van der Waals surface area contributed by atoms with E-state index in [0.717, 1.165) is 10.9 Å². The molecule has 0 bridgehead atoms. The van der Waals surface area contributed by atoms with Crippen molar-refractivity contribution in [3.8, 4) is 0 Å². The van der Waals surface area contributed by atoms with Crippen molar-refractivity contribution in [3.63, 3.8) is 0 Å². The quantitative estimate of drug-likeness (QED) is 0.434. The van der Waals surface area contributed by atoms with Gasteiger partial charge in [0.2, 0.25) is 0 Å². The maximum Gasteiger partial charge on any atom is 0.0817 e. The van der Waals surface area contributed by atoms with Crippen molar-refractivity contribution in [1.29, 1.82) is 0 Å². The summed E-state index contributed by atoms with van der Waals surface area (Å²) < 4.78 is 1.07. The minimum atomic E-state index is 0. The third-order valence-corrected chi connectivity index (χ3v) is 5.91. The fourth-order valence-corrected chi connectivity index (χ4v) is 4.01. The van der Waals surface area contributed by atoms with E-state index in [-0.39, 0.29) is 24.0 Å². The van der Waals surface area contributed by atoms with E-state index in [1.165, 1.54) is 45.1 Å². The molecule has 1 heterocycles. The Morgan fingerprint density at radius 2 is 1.71 bits per heavy atom. The van der Waals surface area contributed by atoms with Gasteiger partial charge in [0.25, 0.3) is 0 Å². The van der Waals surface area contributed by atoms with Gasteiger partial charge in [-0.15, -0.1) is 0 Å². The number of rotatable bonds is 4. The van der Waals surface area contributed by atoms with Crippen LogP contribution in [0.5, 0.6) is 0 Å². The first-order valence-corrected chi connectivity index (χ1v) is 9.22. The van der Waals surface area contributed by atoms with Gasteiger partial charge in [-0.1, -0.05) is 53.7 Å². The smallest absolute Gasteiger partial charge is 0.0817 e. The summed E-state index contributed by atoms with van der Waals surface area (Å²) in [6.45, 7) is 6.79. The van der Waals surface area contributed by atoms with Crippen molar-refractivity contribution in [2.75, 3.05) is 27.2 Å². The summed E-state index contributed by atoms with van der Waals surface area (Å²) >= 11 is 1.89. The van der Waals surface area contributed by atoms with Crippen molar-refractivity contribution in [3.05, 3.63) is 65.2 Å². The van der Waals surface area contributed by atoms with E-state index < -0.39 is 0 Å². The Morgan fingerprint density at radius 3 is 2.46 bits per heavy atom. The Bertz CT molecular complexity index is 749. The Kier molecular flexibility index (Phi) is 6.57. The van der Waals surface area contributed by atoms with E-state index in [2.05, 4.69) is 76.5 Å². The molecule has 0 amide bonds. The highest BCUT2D eigenvalue weighted by Gasteiger charge is 2.20. The first-order chi connectivity index (χ1) is 11.0. The van der Waals surface area contributed by atoms with Gasteiger partial charge in [-0.2, -0.15) is 0 Å². The van der Waals surface area contributed by atoms with Crippen LogP contribution < -0.4 is 24.0 Å². The third-order valence-electron chi connectivity index (χ3n) is 4.76. The van der Waals surface area contributed by atoms with Crippen molar-refractivity contribution in [1.82, 2.24) is 0 Å². The van der Waals surface area contributed by atoms with Gasteiger partial charge < -0.3 is 28.5 Å². The van der Waals surface area contributed by atoms with Gasteiger partial charge in [-0.25, -0.2) is 0 Å². The molecular formula is C21H26INS. The van der Waals surface area contributed by atoms with Gasteiger partial charge in [0.05, 0.1) is 27.2 Å². The highest BCUT2D eigenvalue weighted by Crippen LogP contribution is 2.45. The lowest BCUT2D eigenvalue weighted by atomic mass is 9.95. The topological polar surface area (TPSA) is 0 Å². The van der Waals surface area contributed by atoms with Crippen molar-refractivity contribution >= 4 is 17.3 Å². The monoisotopic (exact) mass is 451 g/mol. The molecule has 3 rings (SSSR count). The van der Waals surface area contributed by atoms with Gasteiger partial charge in [0, 0.05) is 16.2 Å². The maximum absolute atomic E-state index is 2.45. The summed E-state index contributed by atoms with van der Waals surface area (Å²) in [6, 6.07) is 15.6. The summed E-state index contributed by atoms with van der Waals surface area (Å²) in [7, 11) is 4.61. The predicted molar refractivity (Wildman–Crippen MR) is 101 cm³/mol. The largest absolute Gasteiger partial charge is 1.00 e. The number of nitrogens with zero attached hydrogens (tertiary/aromatic N) is 1.